The lowest BCUT2D eigenvalue weighted by molar-refractivity contribution is -0.121. The van der Waals surface area contributed by atoms with Gasteiger partial charge in [0, 0.05) is 17.4 Å². The molecule has 1 heterocycles. The van der Waals surface area contributed by atoms with Crippen LogP contribution in [-0.2, 0) is 17.6 Å². The number of halogens is 2. The van der Waals surface area contributed by atoms with E-state index in [0.717, 1.165) is 0 Å². The van der Waals surface area contributed by atoms with E-state index in [9.17, 15) is 9.18 Å². The number of hydrogen-bond acceptors (Lipinski definition) is 4. The monoisotopic (exact) mass is 296 g/mol. The number of carbonyl (C=O) groups is 1. The molecule has 0 N–H and O–H groups in total. The van der Waals surface area contributed by atoms with Crippen molar-refractivity contribution in [1.82, 2.24) is 10.1 Å². The van der Waals surface area contributed by atoms with Crippen LogP contribution in [0.4, 0.5) is 4.39 Å². The van der Waals surface area contributed by atoms with Crippen molar-refractivity contribution in [2.75, 3.05) is 0 Å². The Morgan fingerprint density at radius 2 is 2.20 bits per heavy atom. The van der Waals surface area contributed by atoms with Gasteiger partial charge in [0.1, 0.15) is 11.6 Å². The Balaban J connectivity index is 2.07. The highest BCUT2D eigenvalue weighted by Crippen LogP contribution is 2.19. The van der Waals surface area contributed by atoms with Gasteiger partial charge in [0.25, 0.3) is 0 Å². The van der Waals surface area contributed by atoms with Crippen molar-refractivity contribution in [2.24, 2.45) is 5.92 Å². The normalized spacial score (nSPS) is 11.1. The van der Waals surface area contributed by atoms with Gasteiger partial charge in [-0.05, 0) is 17.7 Å². The largest absolute Gasteiger partial charge is 0.339 e. The highest BCUT2D eigenvalue weighted by Gasteiger charge is 2.15. The van der Waals surface area contributed by atoms with Crippen LogP contribution in [0.3, 0.4) is 0 Å². The second kappa shape index (κ2) is 6.13. The van der Waals surface area contributed by atoms with Gasteiger partial charge >= 0.3 is 0 Å². The van der Waals surface area contributed by atoms with Crippen molar-refractivity contribution in [3.8, 4) is 0 Å². The molecule has 20 heavy (non-hydrogen) atoms. The summed E-state index contributed by atoms with van der Waals surface area (Å²) < 4.78 is 18.0. The molecular weight excluding hydrogens is 283 g/mol. The van der Waals surface area contributed by atoms with Crippen molar-refractivity contribution in [2.45, 2.75) is 26.7 Å². The Morgan fingerprint density at radius 3 is 2.85 bits per heavy atom. The lowest BCUT2D eigenvalue weighted by atomic mass is 10.1. The summed E-state index contributed by atoms with van der Waals surface area (Å²) in [5.74, 6) is 0.286. The molecule has 0 unspecified atom stereocenters. The first kappa shape index (κ1) is 14.7. The Hall–Kier alpha value is -1.75. The quantitative estimate of drug-likeness (QED) is 0.850. The first-order valence-corrected chi connectivity index (χ1v) is 6.61. The molecule has 0 spiro atoms. The number of benzene rings is 1. The van der Waals surface area contributed by atoms with Gasteiger partial charge in [-0.15, -0.1) is 0 Å². The number of rotatable bonds is 5. The van der Waals surface area contributed by atoms with Crippen LogP contribution in [0.25, 0.3) is 0 Å². The highest BCUT2D eigenvalue weighted by atomic mass is 35.5. The van der Waals surface area contributed by atoms with Crippen LogP contribution in [0.1, 0.15) is 31.1 Å². The Kier molecular flexibility index (Phi) is 4.49. The van der Waals surface area contributed by atoms with E-state index in [1.807, 2.05) is 13.8 Å². The van der Waals surface area contributed by atoms with Crippen molar-refractivity contribution >= 4 is 17.4 Å². The minimum atomic E-state index is -0.393. The fourth-order valence-corrected chi connectivity index (χ4v) is 1.86. The number of ketones is 1. The van der Waals surface area contributed by atoms with E-state index in [0.29, 0.717) is 22.8 Å². The molecule has 106 valence electrons. The van der Waals surface area contributed by atoms with E-state index in [1.165, 1.54) is 12.1 Å². The molecule has 0 saturated heterocycles. The topological polar surface area (TPSA) is 56.0 Å². The number of nitrogens with zero attached hydrogens (tertiary/aromatic N) is 2. The maximum absolute atomic E-state index is 12.9. The molecule has 0 atom stereocenters. The van der Waals surface area contributed by atoms with Crippen LogP contribution in [-0.4, -0.2) is 15.9 Å². The molecule has 1 aromatic carbocycles. The van der Waals surface area contributed by atoms with Gasteiger partial charge in [-0.2, -0.15) is 4.98 Å². The Bertz CT molecular complexity index is 625. The van der Waals surface area contributed by atoms with Gasteiger partial charge in [-0.3, -0.25) is 4.79 Å². The summed E-state index contributed by atoms with van der Waals surface area (Å²) in [5, 5.41) is 4.11. The lowest BCUT2D eigenvalue weighted by Crippen LogP contribution is -2.10. The van der Waals surface area contributed by atoms with Gasteiger partial charge < -0.3 is 4.52 Å². The van der Waals surface area contributed by atoms with Crippen LogP contribution < -0.4 is 0 Å². The van der Waals surface area contributed by atoms with Crippen molar-refractivity contribution < 1.29 is 13.7 Å². The molecule has 0 bridgehead atoms. The first-order valence-electron chi connectivity index (χ1n) is 6.24. The van der Waals surface area contributed by atoms with Crippen LogP contribution >= 0.6 is 11.6 Å². The molecule has 0 amide bonds. The molecule has 1 aromatic heterocycles. The van der Waals surface area contributed by atoms with Crippen molar-refractivity contribution in [1.29, 1.82) is 0 Å². The fraction of sp³-hybridized carbons (Fsp3) is 0.357. The van der Waals surface area contributed by atoms with Crippen LogP contribution in [0.2, 0.25) is 5.02 Å². The smallest absolute Gasteiger partial charge is 0.234 e. The minimum absolute atomic E-state index is 0.0417. The lowest BCUT2D eigenvalue weighted by Gasteiger charge is -2.00. The van der Waals surface area contributed by atoms with Gasteiger partial charge in [0.15, 0.2) is 5.82 Å². The molecule has 6 heteroatoms. The average molecular weight is 297 g/mol. The van der Waals surface area contributed by atoms with E-state index in [4.69, 9.17) is 16.1 Å². The van der Waals surface area contributed by atoms with E-state index in [1.54, 1.807) is 6.07 Å². The van der Waals surface area contributed by atoms with Gasteiger partial charge in [0.2, 0.25) is 5.89 Å². The van der Waals surface area contributed by atoms with Crippen molar-refractivity contribution in [3.63, 3.8) is 0 Å². The average Bonchev–Trinajstić information content (AvgIpc) is 2.80. The summed E-state index contributed by atoms with van der Waals surface area (Å²) in [6.07, 6.45) is 0.459. The van der Waals surface area contributed by atoms with E-state index in [2.05, 4.69) is 10.1 Å². The SMILES string of the molecule is CC(C)C(=O)Cc1nc(Cc2ccc(F)cc2Cl)no1. The van der Waals surface area contributed by atoms with Crippen LogP contribution in [0.15, 0.2) is 22.7 Å². The maximum Gasteiger partial charge on any atom is 0.234 e. The Labute approximate surface area is 120 Å². The number of Topliss-reactive ketones (excluding diaryl/α,β-unsaturated/α-hetero) is 1. The molecule has 2 aromatic rings. The maximum atomic E-state index is 12.9. The molecule has 4 nitrogen and oxygen atoms in total. The second-order valence-corrected chi connectivity index (χ2v) is 5.22. The molecule has 0 radical (unpaired) electrons. The molecule has 2 rings (SSSR count). The van der Waals surface area contributed by atoms with E-state index < -0.39 is 5.82 Å². The van der Waals surface area contributed by atoms with E-state index >= 15 is 0 Å². The van der Waals surface area contributed by atoms with Gasteiger partial charge in [-0.1, -0.05) is 36.7 Å². The predicted octanol–water partition coefficient (Wildman–Crippen LogP) is 3.22. The first-order chi connectivity index (χ1) is 9.45. The number of aromatic nitrogens is 2. The summed E-state index contributed by atoms with van der Waals surface area (Å²) in [6, 6.07) is 4.14. The summed E-state index contributed by atoms with van der Waals surface area (Å²) >= 11 is 5.93. The number of carbonyl (C=O) groups excluding carboxylic acids is 1. The van der Waals surface area contributed by atoms with Crippen LogP contribution in [0.5, 0.6) is 0 Å². The number of hydrogen-bond donors (Lipinski definition) is 0. The zero-order valence-electron chi connectivity index (χ0n) is 11.2. The third-order valence-electron chi connectivity index (χ3n) is 2.84. The highest BCUT2D eigenvalue weighted by molar-refractivity contribution is 6.31. The summed E-state index contributed by atoms with van der Waals surface area (Å²) in [5.41, 5.74) is 0.704. The van der Waals surface area contributed by atoms with Crippen LogP contribution in [0, 0.1) is 11.7 Å². The van der Waals surface area contributed by atoms with Crippen molar-refractivity contribution in [3.05, 3.63) is 46.3 Å². The molecule has 0 saturated carbocycles. The molecule has 0 aliphatic rings. The second-order valence-electron chi connectivity index (χ2n) is 4.81. The molecular formula is C14H14ClFN2O2. The third kappa shape index (κ3) is 3.63. The summed E-state index contributed by atoms with van der Waals surface area (Å²) in [6.45, 7) is 3.63. The predicted molar refractivity (Wildman–Crippen MR) is 72.1 cm³/mol. The molecule has 0 aliphatic heterocycles. The summed E-state index contributed by atoms with van der Waals surface area (Å²) in [7, 11) is 0. The fourth-order valence-electron chi connectivity index (χ4n) is 1.62. The van der Waals surface area contributed by atoms with E-state index in [-0.39, 0.29) is 24.0 Å². The standard InChI is InChI=1S/C14H14ClFN2O2/c1-8(2)12(19)7-14-17-13(18-20-14)5-9-3-4-10(16)6-11(9)15/h3-4,6,8H,5,7H2,1-2H3. The molecule has 0 aliphatic carbocycles. The zero-order valence-corrected chi connectivity index (χ0v) is 11.9. The minimum Gasteiger partial charge on any atom is -0.339 e. The zero-order chi connectivity index (χ0) is 14.7. The third-order valence-corrected chi connectivity index (χ3v) is 3.20. The molecule has 0 fully saturated rings. The summed E-state index contributed by atoms with van der Waals surface area (Å²) in [4.78, 5) is 15.7. The van der Waals surface area contributed by atoms with Gasteiger partial charge in [0.05, 0.1) is 6.42 Å². The van der Waals surface area contributed by atoms with Gasteiger partial charge in [-0.25, -0.2) is 4.39 Å². The Morgan fingerprint density at radius 1 is 1.45 bits per heavy atom.